The second-order valence-corrected chi connectivity index (χ2v) is 6.17. The lowest BCUT2D eigenvalue weighted by Crippen LogP contribution is -2.29. The number of rotatable bonds is 2. The van der Waals surface area contributed by atoms with Gasteiger partial charge in [-0.05, 0) is 38.1 Å². The minimum atomic E-state index is -0.235. The van der Waals surface area contributed by atoms with Crippen LogP contribution in [0.2, 0.25) is 0 Å². The average Bonchev–Trinajstić information content (AvgIpc) is 2.46. The van der Waals surface area contributed by atoms with E-state index >= 15 is 0 Å². The van der Waals surface area contributed by atoms with Gasteiger partial charge >= 0.3 is 0 Å². The molecule has 0 atom stereocenters. The predicted molar refractivity (Wildman–Crippen MR) is 78.9 cm³/mol. The lowest BCUT2D eigenvalue weighted by atomic mass is 10.1. The first-order valence-electron chi connectivity index (χ1n) is 6.72. The molecule has 2 aromatic rings. The van der Waals surface area contributed by atoms with E-state index in [-0.39, 0.29) is 11.2 Å². The van der Waals surface area contributed by atoms with Crippen molar-refractivity contribution in [1.82, 2.24) is 4.90 Å². The molecule has 19 heavy (non-hydrogen) atoms. The molecule has 4 heteroatoms. The number of hydrogen-bond donors (Lipinski definition) is 1. The molecule has 0 saturated carbocycles. The third-order valence-electron chi connectivity index (χ3n) is 3.66. The molecule has 1 aromatic carbocycles. The van der Waals surface area contributed by atoms with Crippen molar-refractivity contribution in [3.05, 3.63) is 39.4 Å². The van der Waals surface area contributed by atoms with Gasteiger partial charge in [-0.25, -0.2) is 0 Å². The van der Waals surface area contributed by atoms with Crippen LogP contribution in [-0.2, 0) is 6.54 Å². The molecule has 0 spiro atoms. The van der Waals surface area contributed by atoms with Crippen LogP contribution in [0.3, 0.4) is 0 Å². The van der Waals surface area contributed by atoms with Gasteiger partial charge < -0.3 is 5.11 Å². The molecular weight excluding hydrogens is 258 g/mol. The molecule has 3 nitrogen and oxygen atoms in total. The van der Waals surface area contributed by atoms with E-state index in [1.54, 1.807) is 6.07 Å². The Bertz CT molecular complexity index is 644. The first-order valence-corrected chi connectivity index (χ1v) is 7.53. The van der Waals surface area contributed by atoms with Crippen molar-refractivity contribution >= 4 is 21.4 Å². The summed E-state index contributed by atoms with van der Waals surface area (Å²) in [4.78, 5) is 15.2. The summed E-state index contributed by atoms with van der Waals surface area (Å²) in [5.41, 5.74) is -0.235. The zero-order valence-corrected chi connectivity index (χ0v) is 11.6. The Morgan fingerprint density at radius 2 is 1.89 bits per heavy atom. The zero-order chi connectivity index (χ0) is 13.2. The van der Waals surface area contributed by atoms with Gasteiger partial charge in [0.1, 0.15) is 0 Å². The van der Waals surface area contributed by atoms with Crippen LogP contribution < -0.4 is 5.43 Å². The topological polar surface area (TPSA) is 40.5 Å². The molecule has 0 unspecified atom stereocenters. The monoisotopic (exact) mass is 275 g/mol. The Kier molecular flexibility index (Phi) is 3.53. The molecule has 0 radical (unpaired) electrons. The highest BCUT2D eigenvalue weighted by atomic mass is 32.1. The maximum atomic E-state index is 12.1. The fourth-order valence-electron chi connectivity index (χ4n) is 2.61. The summed E-state index contributed by atoms with van der Waals surface area (Å²) in [7, 11) is 0. The first-order chi connectivity index (χ1) is 9.25. The third kappa shape index (κ3) is 2.51. The number of benzene rings is 1. The predicted octanol–water partition coefficient (Wildman–Crippen LogP) is 2.95. The number of nitrogens with zero attached hydrogens (tertiary/aromatic N) is 1. The van der Waals surface area contributed by atoms with Crippen LogP contribution in [0.15, 0.2) is 29.1 Å². The molecule has 2 heterocycles. The average molecular weight is 275 g/mol. The number of piperidine rings is 1. The summed E-state index contributed by atoms with van der Waals surface area (Å²) >= 11 is 1.53. The lowest BCUT2D eigenvalue weighted by Gasteiger charge is -2.26. The van der Waals surface area contributed by atoms with Gasteiger partial charge in [0.05, 0.1) is 4.88 Å². The highest BCUT2D eigenvalue weighted by Gasteiger charge is 2.16. The highest BCUT2D eigenvalue weighted by molar-refractivity contribution is 7.18. The van der Waals surface area contributed by atoms with Crippen LogP contribution in [0.25, 0.3) is 10.1 Å². The molecule has 1 saturated heterocycles. The van der Waals surface area contributed by atoms with Crippen molar-refractivity contribution < 1.29 is 5.11 Å². The normalized spacial score (nSPS) is 16.8. The van der Waals surface area contributed by atoms with Gasteiger partial charge in [-0.3, -0.25) is 9.69 Å². The fraction of sp³-hybridized carbons (Fsp3) is 0.400. The van der Waals surface area contributed by atoms with Gasteiger partial charge in [-0.1, -0.05) is 18.6 Å². The Balaban J connectivity index is 1.99. The van der Waals surface area contributed by atoms with Crippen molar-refractivity contribution in [3.63, 3.8) is 0 Å². The number of likely N-dealkylation sites (tertiary alicyclic amines) is 1. The summed E-state index contributed by atoms with van der Waals surface area (Å²) in [6.45, 7) is 2.82. The van der Waals surface area contributed by atoms with Crippen LogP contribution in [0.5, 0.6) is 5.75 Å². The Labute approximate surface area is 116 Å². The Morgan fingerprint density at radius 3 is 2.68 bits per heavy atom. The van der Waals surface area contributed by atoms with Gasteiger partial charge in [-0.15, -0.1) is 11.3 Å². The van der Waals surface area contributed by atoms with Gasteiger partial charge in [0, 0.05) is 16.6 Å². The largest absolute Gasteiger partial charge is 0.503 e. The maximum Gasteiger partial charge on any atom is 0.229 e. The molecular formula is C15H17NO2S. The quantitative estimate of drug-likeness (QED) is 0.916. The minimum absolute atomic E-state index is 0.0609. The summed E-state index contributed by atoms with van der Waals surface area (Å²) in [5.74, 6) is -0.0609. The van der Waals surface area contributed by atoms with Crippen molar-refractivity contribution in [1.29, 1.82) is 0 Å². The molecule has 3 rings (SSSR count). The van der Waals surface area contributed by atoms with Crippen LogP contribution in [0.1, 0.15) is 24.1 Å². The summed E-state index contributed by atoms with van der Waals surface area (Å²) in [6.07, 6.45) is 3.71. The zero-order valence-electron chi connectivity index (χ0n) is 10.8. The second kappa shape index (κ2) is 5.31. The summed E-state index contributed by atoms with van der Waals surface area (Å²) < 4.78 is 0.956. The smallest absolute Gasteiger partial charge is 0.229 e. The van der Waals surface area contributed by atoms with Crippen LogP contribution in [-0.4, -0.2) is 23.1 Å². The molecule has 0 bridgehead atoms. The van der Waals surface area contributed by atoms with Gasteiger partial charge in [-0.2, -0.15) is 0 Å². The fourth-order valence-corrected chi connectivity index (χ4v) is 3.73. The molecule has 100 valence electrons. The summed E-state index contributed by atoms with van der Waals surface area (Å²) in [6, 6.07) is 7.49. The van der Waals surface area contributed by atoms with E-state index in [1.807, 2.05) is 18.2 Å². The van der Waals surface area contributed by atoms with Crippen LogP contribution in [0, 0.1) is 0 Å². The van der Waals surface area contributed by atoms with Gasteiger partial charge in [0.25, 0.3) is 0 Å². The van der Waals surface area contributed by atoms with E-state index in [0.29, 0.717) is 11.9 Å². The SMILES string of the molecule is O=c1c(O)c(CN2CCCCC2)sc2ccccc12. The van der Waals surface area contributed by atoms with Crippen molar-refractivity contribution in [2.75, 3.05) is 13.1 Å². The standard InChI is InChI=1S/C15H17NO2S/c17-14-11-6-2-3-7-12(11)19-13(15(14)18)10-16-8-4-1-5-9-16/h2-3,6-7,18H,1,4-5,8-10H2. The van der Waals surface area contributed by atoms with Crippen molar-refractivity contribution in [2.45, 2.75) is 25.8 Å². The van der Waals surface area contributed by atoms with Crippen LogP contribution in [0.4, 0.5) is 0 Å². The van der Waals surface area contributed by atoms with Gasteiger partial charge in [0.2, 0.25) is 5.43 Å². The molecule has 0 amide bonds. The van der Waals surface area contributed by atoms with E-state index < -0.39 is 0 Å². The highest BCUT2D eigenvalue weighted by Crippen LogP contribution is 2.27. The molecule has 1 N–H and O–H groups in total. The third-order valence-corrected chi connectivity index (χ3v) is 4.80. The molecule has 1 fully saturated rings. The van der Waals surface area contributed by atoms with Gasteiger partial charge in [0.15, 0.2) is 5.75 Å². The number of aromatic hydroxyl groups is 1. The van der Waals surface area contributed by atoms with E-state index in [4.69, 9.17) is 0 Å². The minimum Gasteiger partial charge on any atom is -0.503 e. The first kappa shape index (κ1) is 12.6. The molecule has 0 aliphatic carbocycles. The lowest BCUT2D eigenvalue weighted by molar-refractivity contribution is 0.220. The van der Waals surface area contributed by atoms with Crippen molar-refractivity contribution in [2.24, 2.45) is 0 Å². The van der Waals surface area contributed by atoms with Crippen LogP contribution >= 0.6 is 11.3 Å². The van der Waals surface area contributed by atoms with E-state index in [0.717, 1.165) is 22.7 Å². The van der Waals surface area contributed by atoms with E-state index in [1.165, 1.54) is 30.6 Å². The molecule has 1 aliphatic heterocycles. The molecule has 1 aliphatic rings. The Hall–Kier alpha value is -1.39. The van der Waals surface area contributed by atoms with E-state index in [9.17, 15) is 9.90 Å². The van der Waals surface area contributed by atoms with E-state index in [2.05, 4.69) is 4.90 Å². The number of hydrogen-bond acceptors (Lipinski definition) is 4. The maximum absolute atomic E-state index is 12.1. The molecule has 1 aromatic heterocycles. The Morgan fingerprint density at radius 1 is 1.16 bits per heavy atom. The number of fused-ring (bicyclic) bond motifs is 1. The summed E-state index contributed by atoms with van der Waals surface area (Å²) in [5, 5.41) is 10.7. The second-order valence-electron chi connectivity index (χ2n) is 5.04. The van der Waals surface area contributed by atoms with Crippen molar-refractivity contribution in [3.8, 4) is 5.75 Å².